The Hall–Kier alpha value is -3.65. The topological polar surface area (TPSA) is 90.6 Å². The Morgan fingerprint density at radius 2 is 1.84 bits per heavy atom. The van der Waals surface area contributed by atoms with Crippen molar-refractivity contribution in [1.29, 1.82) is 0 Å². The Balaban J connectivity index is 1.84. The first kappa shape index (κ1) is 21.6. The molecule has 2 aromatic carbocycles. The Morgan fingerprint density at radius 1 is 1.12 bits per heavy atom. The molecule has 0 spiro atoms. The number of anilines is 2. The number of nitrogens with one attached hydrogen (secondary N) is 2. The van der Waals surface area contributed by atoms with Crippen molar-refractivity contribution in [3.05, 3.63) is 82.3 Å². The molecule has 1 aromatic heterocycles. The molecular weight excluding hydrogens is 424 g/mol. The normalized spacial score (nSPS) is 16.2. The number of nitrogens with zero attached hydrogens (tertiary/aromatic N) is 2. The van der Waals surface area contributed by atoms with E-state index in [-0.39, 0.29) is 11.7 Å². The summed E-state index contributed by atoms with van der Waals surface area (Å²) in [5.74, 6) is 0.762. The van der Waals surface area contributed by atoms with Crippen molar-refractivity contribution in [2.24, 2.45) is 0 Å². The quantitative estimate of drug-likeness (QED) is 0.500. The summed E-state index contributed by atoms with van der Waals surface area (Å²) in [7, 11) is 0. The number of carbonyl (C=O) groups is 1. The fourth-order valence-electron chi connectivity index (χ4n) is 3.81. The van der Waals surface area contributed by atoms with Crippen molar-refractivity contribution in [2.75, 3.05) is 10.2 Å². The lowest BCUT2D eigenvalue weighted by Gasteiger charge is -2.38. The van der Waals surface area contributed by atoms with Gasteiger partial charge in [0.25, 0.3) is 5.91 Å². The van der Waals surface area contributed by atoms with Gasteiger partial charge in [0.2, 0.25) is 0 Å². The second-order valence-corrected chi connectivity index (χ2v) is 8.26. The summed E-state index contributed by atoms with van der Waals surface area (Å²) in [6.07, 6.45) is 0. The van der Waals surface area contributed by atoms with E-state index in [4.69, 9.17) is 16.7 Å². The van der Waals surface area contributed by atoms with E-state index >= 15 is 0 Å². The third-order valence-electron chi connectivity index (χ3n) is 5.43. The Kier molecular flexibility index (Phi) is 5.71. The van der Waals surface area contributed by atoms with Crippen LogP contribution in [0.1, 0.15) is 35.4 Å². The fraction of sp³-hybridized carbons (Fsp3) is 0.208. The molecule has 7 nitrogen and oxygen atoms in total. The Labute approximate surface area is 191 Å². The molecule has 164 valence electrons. The zero-order chi connectivity index (χ0) is 23.0. The number of phenols is 1. The third-order valence-corrected chi connectivity index (χ3v) is 5.73. The number of phenolic OH excluding ortho intramolecular Hbond substituents is 1. The SMILES string of the molecule is CC1=C(C(=O)Nc2cc(C)on2)[C@@H](c2ccc(O)cc2)NC(=S)N1c1cc(C)ccc1C. The van der Waals surface area contributed by atoms with Crippen LogP contribution in [0, 0.1) is 20.8 Å². The number of rotatable bonds is 4. The molecule has 0 aliphatic carbocycles. The average molecular weight is 449 g/mol. The van der Waals surface area contributed by atoms with Gasteiger partial charge in [0, 0.05) is 11.8 Å². The van der Waals surface area contributed by atoms with Gasteiger partial charge in [0.05, 0.1) is 17.3 Å². The third kappa shape index (κ3) is 4.09. The number of aromatic nitrogens is 1. The van der Waals surface area contributed by atoms with Crippen molar-refractivity contribution >= 4 is 34.7 Å². The number of hydrogen-bond donors (Lipinski definition) is 3. The smallest absolute Gasteiger partial charge is 0.257 e. The van der Waals surface area contributed by atoms with Crippen LogP contribution >= 0.6 is 12.2 Å². The molecule has 1 amide bonds. The zero-order valence-corrected chi connectivity index (χ0v) is 19.1. The summed E-state index contributed by atoms with van der Waals surface area (Å²) < 4.78 is 5.09. The van der Waals surface area contributed by atoms with Crippen LogP contribution in [0.2, 0.25) is 0 Å². The molecule has 1 atom stereocenters. The van der Waals surface area contributed by atoms with Crippen LogP contribution in [0.4, 0.5) is 11.5 Å². The lowest BCUT2D eigenvalue weighted by Crippen LogP contribution is -2.48. The summed E-state index contributed by atoms with van der Waals surface area (Å²) in [6.45, 7) is 7.66. The summed E-state index contributed by atoms with van der Waals surface area (Å²) in [4.78, 5) is 15.3. The number of allylic oxidation sites excluding steroid dienone is 1. The Morgan fingerprint density at radius 3 is 2.50 bits per heavy atom. The second-order valence-electron chi connectivity index (χ2n) is 7.88. The van der Waals surface area contributed by atoms with Crippen LogP contribution < -0.4 is 15.5 Å². The summed E-state index contributed by atoms with van der Waals surface area (Å²) in [6, 6.07) is 14.0. The number of carbonyl (C=O) groups excluding carboxylic acids is 1. The average Bonchev–Trinajstić information content (AvgIpc) is 3.15. The van der Waals surface area contributed by atoms with Crippen molar-refractivity contribution < 1.29 is 14.4 Å². The molecule has 0 radical (unpaired) electrons. The molecule has 0 bridgehead atoms. The molecule has 4 rings (SSSR count). The van der Waals surface area contributed by atoms with Crippen LogP contribution in [-0.4, -0.2) is 21.3 Å². The van der Waals surface area contributed by atoms with Gasteiger partial charge in [-0.05, 0) is 74.8 Å². The van der Waals surface area contributed by atoms with Gasteiger partial charge in [-0.25, -0.2) is 0 Å². The van der Waals surface area contributed by atoms with Gasteiger partial charge in [-0.2, -0.15) is 0 Å². The highest BCUT2D eigenvalue weighted by molar-refractivity contribution is 7.80. The fourth-order valence-corrected chi connectivity index (χ4v) is 4.17. The van der Waals surface area contributed by atoms with Gasteiger partial charge in [-0.1, -0.05) is 29.4 Å². The monoisotopic (exact) mass is 448 g/mol. The predicted octanol–water partition coefficient (Wildman–Crippen LogP) is 4.65. The van der Waals surface area contributed by atoms with Crippen molar-refractivity contribution in [3.63, 3.8) is 0 Å². The molecule has 0 fully saturated rings. The molecule has 3 N–H and O–H groups in total. The van der Waals surface area contributed by atoms with E-state index < -0.39 is 6.04 Å². The van der Waals surface area contributed by atoms with Crippen LogP contribution in [0.3, 0.4) is 0 Å². The second kappa shape index (κ2) is 8.47. The van der Waals surface area contributed by atoms with Crippen LogP contribution in [0.15, 0.2) is 64.3 Å². The van der Waals surface area contributed by atoms with Crippen LogP contribution in [0.5, 0.6) is 5.75 Å². The maximum atomic E-state index is 13.5. The molecule has 0 unspecified atom stereocenters. The van der Waals surface area contributed by atoms with Crippen molar-refractivity contribution in [3.8, 4) is 5.75 Å². The van der Waals surface area contributed by atoms with Crippen LogP contribution in [-0.2, 0) is 4.79 Å². The number of benzene rings is 2. The lowest BCUT2D eigenvalue weighted by molar-refractivity contribution is -0.113. The minimum Gasteiger partial charge on any atom is -0.508 e. The molecular formula is C24H24N4O3S. The molecule has 0 saturated carbocycles. The highest BCUT2D eigenvalue weighted by atomic mass is 32.1. The van der Waals surface area contributed by atoms with Crippen LogP contribution in [0.25, 0.3) is 0 Å². The van der Waals surface area contributed by atoms with E-state index in [1.165, 1.54) is 0 Å². The number of hydrogen-bond acceptors (Lipinski definition) is 5. The Bertz CT molecular complexity index is 1230. The van der Waals surface area contributed by atoms with Crippen molar-refractivity contribution in [2.45, 2.75) is 33.7 Å². The summed E-state index contributed by atoms with van der Waals surface area (Å²) in [5.41, 5.74) is 5.03. The minimum atomic E-state index is -0.502. The molecule has 3 aromatic rings. The molecule has 32 heavy (non-hydrogen) atoms. The summed E-state index contributed by atoms with van der Waals surface area (Å²) >= 11 is 5.74. The highest BCUT2D eigenvalue weighted by Gasteiger charge is 2.35. The van der Waals surface area contributed by atoms with E-state index in [1.54, 1.807) is 37.3 Å². The predicted molar refractivity (Wildman–Crippen MR) is 128 cm³/mol. The largest absolute Gasteiger partial charge is 0.508 e. The van der Waals surface area contributed by atoms with Gasteiger partial charge < -0.3 is 20.3 Å². The standard InChI is InChI=1S/C24H24N4O3S/c1-13-5-6-14(2)19(11-13)28-16(4)21(23(30)25-20-12-15(3)31-27-20)22(26-24(28)32)17-7-9-18(29)10-8-17/h5-12,22,29H,1-4H3,(H,26,32)(H,25,27,30)/t22-/m1/s1. The van der Waals surface area contributed by atoms with Crippen molar-refractivity contribution in [1.82, 2.24) is 10.5 Å². The number of thiocarbonyl (C=S) groups is 1. The first-order valence-electron chi connectivity index (χ1n) is 10.2. The number of amides is 1. The highest BCUT2D eigenvalue weighted by Crippen LogP contribution is 2.36. The molecule has 2 heterocycles. The number of aromatic hydroxyl groups is 1. The van der Waals surface area contributed by atoms with Gasteiger partial charge in [-0.3, -0.25) is 9.69 Å². The van der Waals surface area contributed by atoms with Gasteiger partial charge in [0.1, 0.15) is 11.5 Å². The van der Waals surface area contributed by atoms with E-state index in [2.05, 4.69) is 15.8 Å². The first-order valence-corrected chi connectivity index (χ1v) is 10.6. The van der Waals surface area contributed by atoms with E-state index in [1.807, 2.05) is 43.9 Å². The first-order chi connectivity index (χ1) is 15.2. The molecule has 1 aliphatic heterocycles. The minimum absolute atomic E-state index is 0.147. The lowest BCUT2D eigenvalue weighted by atomic mass is 9.93. The van der Waals surface area contributed by atoms with Gasteiger partial charge in [0.15, 0.2) is 10.9 Å². The van der Waals surface area contributed by atoms with Gasteiger partial charge in [-0.15, -0.1) is 0 Å². The molecule has 1 aliphatic rings. The van der Waals surface area contributed by atoms with E-state index in [9.17, 15) is 9.90 Å². The maximum absolute atomic E-state index is 13.5. The van der Waals surface area contributed by atoms with Gasteiger partial charge >= 0.3 is 0 Å². The number of aryl methyl sites for hydroxylation is 3. The van der Waals surface area contributed by atoms with E-state index in [0.29, 0.717) is 28.0 Å². The van der Waals surface area contributed by atoms with E-state index in [0.717, 1.165) is 22.4 Å². The maximum Gasteiger partial charge on any atom is 0.257 e. The zero-order valence-electron chi connectivity index (χ0n) is 18.3. The molecule has 0 saturated heterocycles. The molecule has 8 heteroatoms. The summed E-state index contributed by atoms with van der Waals surface area (Å²) in [5, 5.41) is 20.2.